The summed E-state index contributed by atoms with van der Waals surface area (Å²) in [5, 5.41) is 0.564. The van der Waals surface area contributed by atoms with Crippen LogP contribution in [0.2, 0.25) is 0 Å². The number of benzene rings is 2. The highest BCUT2D eigenvalue weighted by Crippen LogP contribution is 2.36. The highest BCUT2D eigenvalue weighted by atomic mass is 127. The minimum Gasteiger partial charge on any atom is -0.454 e. The molecule has 3 aromatic rings. The van der Waals surface area contributed by atoms with Crippen LogP contribution in [0.15, 0.2) is 36.5 Å². The van der Waals surface area contributed by atoms with Crippen molar-refractivity contribution in [1.82, 2.24) is 4.98 Å². The van der Waals surface area contributed by atoms with Crippen LogP contribution in [0.1, 0.15) is 5.56 Å². The van der Waals surface area contributed by atoms with E-state index in [4.69, 9.17) is 4.74 Å². The van der Waals surface area contributed by atoms with Crippen LogP contribution in [-0.4, -0.2) is 19.7 Å². The topological polar surface area (TPSA) is 59.2 Å². The molecule has 0 amide bonds. The van der Waals surface area contributed by atoms with Gasteiger partial charge in [0.2, 0.25) is 0 Å². The van der Waals surface area contributed by atoms with Crippen molar-refractivity contribution in [3.63, 3.8) is 0 Å². The third-order valence-corrected chi connectivity index (χ3v) is 5.02. The van der Waals surface area contributed by atoms with E-state index in [0.29, 0.717) is 14.5 Å². The Morgan fingerprint density at radius 3 is 2.58 bits per heavy atom. The molecule has 0 fully saturated rings. The monoisotopic (exact) mass is 463 g/mol. The number of hydrogen-bond donors (Lipinski definition) is 1. The quantitative estimate of drug-likeness (QED) is 0.585. The van der Waals surface area contributed by atoms with Gasteiger partial charge in [-0.05, 0) is 46.9 Å². The summed E-state index contributed by atoms with van der Waals surface area (Å²) < 4.78 is 57.2. The highest BCUT2D eigenvalue weighted by molar-refractivity contribution is 14.1. The van der Waals surface area contributed by atoms with E-state index in [2.05, 4.69) is 4.98 Å². The standard InChI is InChI=1S/C16H12F2INO3S/c1-24(21,22)8-11-10-4-5-20-15(10)7-13(18)16(11)23-9-2-3-12(17)14(19)6-9/h2-7,20H,8H2,1H3. The van der Waals surface area contributed by atoms with Crippen molar-refractivity contribution in [2.45, 2.75) is 5.75 Å². The van der Waals surface area contributed by atoms with E-state index in [9.17, 15) is 17.2 Å². The highest BCUT2D eigenvalue weighted by Gasteiger charge is 2.20. The molecule has 0 radical (unpaired) electrons. The number of hydrogen-bond acceptors (Lipinski definition) is 3. The van der Waals surface area contributed by atoms with Crippen LogP contribution in [0.4, 0.5) is 8.78 Å². The van der Waals surface area contributed by atoms with Crippen LogP contribution < -0.4 is 4.74 Å². The molecule has 0 aliphatic rings. The summed E-state index contributed by atoms with van der Waals surface area (Å²) in [5.41, 5.74) is 0.709. The maximum Gasteiger partial charge on any atom is 0.168 e. The zero-order chi connectivity index (χ0) is 17.5. The average molecular weight is 463 g/mol. The second kappa shape index (κ2) is 6.32. The summed E-state index contributed by atoms with van der Waals surface area (Å²) in [6.07, 6.45) is 2.67. The van der Waals surface area contributed by atoms with E-state index < -0.39 is 21.5 Å². The Hall–Kier alpha value is -1.68. The van der Waals surface area contributed by atoms with E-state index in [1.807, 2.05) is 0 Å². The molecule has 0 aliphatic heterocycles. The Labute approximate surface area is 150 Å². The predicted molar refractivity (Wildman–Crippen MR) is 96.0 cm³/mol. The normalized spacial score (nSPS) is 11.8. The first-order chi connectivity index (χ1) is 11.2. The van der Waals surface area contributed by atoms with Crippen molar-refractivity contribution in [1.29, 1.82) is 0 Å². The lowest BCUT2D eigenvalue weighted by molar-refractivity contribution is 0.437. The van der Waals surface area contributed by atoms with Gasteiger partial charge in [-0.2, -0.15) is 0 Å². The van der Waals surface area contributed by atoms with Gasteiger partial charge < -0.3 is 9.72 Å². The predicted octanol–water partition coefficient (Wildman–Crippen LogP) is 4.39. The van der Waals surface area contributed by atoms with Crippen molar-refractivity contribution in [2.75, 3.05) is 6.26 Å². The van der Waals surface area contributed by atoms with Crippen LogP contribution in [0.25, 0.3) is 10.9 Å². The van der Waals surface area contributed by atoms with Crippen LogP contribution in [0.3, 0.4) is 0 Å². The molecule has 1 aromatic heterocycles. The molecule has 1 heterocycles. The van der Waals surface area contributed by atoms with Gasteiger partial charge in [0.15, 0.2) is 21.4 Å². The fourth-order valence-corrected chi connectivity index (χ4v) is 3.70. The summed E-state index contributed by atoms with van der Waals surface area (Å²) in [6, 6.07) is 6.89. The molecule has 1 N–H and O–H groups in total. The molecule has 0 atom stereocenters. The van der Waals surface area contributed by atoms with Crippen LogP contribution in [-0.2, 0) is 15.6 Å². The molecule has 0 unspecified atom stereocenters. The largest absolute Gasteiger partial charge is 0.454 e. The van der Waals surface area contributed by atoms with Crippen LogP contribution in [0.5, 0.6) is 11.5 Å². The fourth-order valence-electron chi connectivity index (χ4n) is 2.40. The van der Waals surface area contributed by atoms with Crippen molar-refractivity contribution in [3.8, 4) is 11.5 Å². The maximum absolute atomic E-state index is 14.5. The van der Waals surface area contributed by atoms with Gasteiger partial charge in [0.25, 0.3) is 0 Å². The molecular weight excluding hydrogens is 451 g/mol. The lowest BCUT2D eigenvalue weighted by Gasteiger charge is -2.13. The number of H-pyrrole nitrogens is 1. The second-order valence-electron chi connectivity index (χ2n) is 5.35. The Bertz CT molecular complexity index is 1030. The van der Waals surface area contributed by atoms with Crippen LogP contribution in [0, 0.1) is 15.2 Å². The molecule has 0 saturated carbocycles. The number of aromatic amines is 1. The lowest BCUT2D eigenvalue weighted by atomic mass is 10.1. The third kappa shape index (κ3) is 3.54. The Morgan fingerprint density at radius 1 is 1.17 bits per heavy atom. The van der Waals surface area contributed by atoms with Gasteiger partial charge in [-0.25, -0.2) is 17.2 Å². The number of ether oxygens (including phenoxy) is 1. The zero-order valence-corrected chi connectivity index (χ0v) is 15.4. The maximum atomic E-state index is 14.5. The van der Waals surface area contributed by atoms with Gasteiger partial charge in [0, 0.05) is 35.0 Å². The number of fused-ring (bicyclic) bond motifs is 1. The molecular formula is C16H12F2INO3S. The molecule has 2 aromatic carbocycles. The first kappa shape index (κ1) is 17.2. The molecule has 8 heteroatoms. The number of sulfone groups is 1. The van der Waals surface area contributed by atoms with Crippen molar-refractivity contribution >= 4 is 43.3 Å². The molecule has 4 nitrogen and oxygen atoms in total. The Kier molecular flexibility index (Phi) is 4.52. The summed E-state index contributed by atoms with van der Waals surface area (Å²) in [5.74, 6) is -1.42. The second-order valence-corrected chi connectivity index (χ2v) is 8.66. The van der Waals surface area contributed by atoms with Gasteiger partial charge in [-0.1, -0.05) is 0 Å². The van der Waals surface area contributed by atoms with Gasteiger partial charge >= 0.3 is 0 Å². The van der Waals surface area contributed by atoms with E-state index in [1.54, 1.807) is 34.9 Å². The van der Waals surface area contributed by atoms with E-state index in [0.717, 1.165) is 6.26 Å². The number of rotatable bonds is 4. The minimum atomic E-state index is -3.41. The molecule has 0 saturated heterocycles. The smallest absolute Gasteiger partial charge is 0.168 e. The molecule has 0 spiro atoms. The molecule has 3 rings (SSSR count). The molecule has 24 heavy (non-hydrogen) atoms. The molecule has 126 valence electrons. The van der Waals surface area contributed by atoms with Crippen LogP contribution >= 0.6 is 22.6 Å². The molecule has 0 aliphatic carbocycles. The fraction of sp³-hybridized carbons (Fsp3) is 0.125. The van der Waals surface area contributed by atoms with Crippen molar-refractivity contribution in [2.24, 2.45) is 0 Å². The van der Waals surface area contributed by atoms with Crippen molar-refractivity contribution < 1.29 is 21.9 Å². The minimum absolute atomic E-state index is 0.171. The summed E-state index contributed by atoms with van der Waals surface area (Å²) in [7, 11) is -3.41. The van der Waals surface area contributed by atoms with Crippen molar-refractivity contribution in [3.05, 3.63) is 57.3 Å². The number of halogens is 3. The summed E-state index contributed by atoms with van der Waals surface area (Å²) in [6.45, 7) is 0. The Morgan fingerprint density at radius 2 is 1.92 bits per heavy atom. The average Bonchev–Trinajstić information content (AvgIpc) is 2.93. The SMILES string of the molecule is CS(=O)(=O)Cc1c(Oc2ccc(F)c(I)c2)c(F)cc2[nH]ccc12. The lowest BCUT2D eigenvalue weighted by Crippen LogP contribution is -2.05. The summed E-state index contributed by atoms with van der Waals surface area (Å²) >= 11 is 1.80. The van der Waals surface area contributed by atoms with E-state index >= 15 is 0 Å². The van der Waals surface area contributed by atoms with Gasteiger partial charge in [-0.3, -0.25) is 0 Å². The van der Waals surface area contributed by atoms with Gasteiger partial charge in [0.05, 0.1) is 9.32 Å². The third-order valence-electron chi connectivity index (χ3n) is 3.38. The first-order valence-corrected chi connectivity index (χ1v) is 9.97. The first-order valence-electron chi connectivity index (χ1n) is 6.84. The van der Waals surface area contributed by atoms with Gasteiger partial charge in [-0.15, -0.1) is 0 Å². The number of aromatic nitrogens is 1. The van der Waals surface area contributed by atoms with Gasteiger partial charge in [0.1, 0.15) is 11.6 Å². The molecule has 0 bridgehead atoms. The number of nitrogens with one attached hydrogen (secondary N) is 1. The zero-order valence-electron chi connectivity index (χ0n) is 12.4. The summed E-state index contributed by atoms with van der Waals surface area (Å²) in [4.78, 5) is 2.85. The Balaban J connectivity index is 2.16. The van der Waals surface area contributed by atoms with E-state index in [-0.39, 0.29) is 22.8 Å². The van der Waals surface area contributed by atoms with E-state index in [1.165, 1.54) is 24.3 Å².